The molecule has 0 radical (unpaired) electrons. The first-order chi connectivity index (χ1) is 13.4. The number of nitrogens with zero attached hydrogens (tertiary/aromatic N) is 1. The van der Waals surface area contributed by atoms with Crippen molar-refractivity contribution in [2.24, 2.45) is 5.92 Å². The second-order valence-electron chi connectivity index (χ2n) is 8.48. The molecule has 1 aliphatic carbocycles. The van der Waals surface area contributed by atoms with Gasteiger partial charge in [0.2, 0.25) is 0 Å². The summed E-state index contributed by atoms with van der Waals surface area (Å²) in [6.07, 6.45) is 3.55. The second-order valence-corrected chi connectivity index (χ2v) is 8.48. The molecule has 2 unspecified atom stereocenters. The van der Waals surface area contributed by atoms with Crippen LogP contribution in [-0.4, -0.2) is 49.2 Å². The first-order valence-corrected chi connectivity index (χ1v) is 9.93. The lowest BCUT2D eigenvalue weighted by molar-refractivity contribution is -0.146. The summed E-state index contributed by atoms with van der Waals surface area (Å²) in [6.45, 7) is 8.72. The molecule has 6 nitrogen and oxygen atoms in total. The molecule has 4 atom stereocenters. The number of rotatable bonds is 3. The van der Waals surface area contributed by atoms with E-state index >= 15 is 0 Å². The minimum atomic E-state index is -0.570. The van der Waals surface area contributed by atoms with Gasteiger partial charge in [-0.05, 0) is 56.7 Å². The van der Waals surface area contributed by atoms with Crippen LogP contribution in [0.1, 0.15) is 38.7 Å². The molecule has 3 fully saturated rings. The monoisotopic (exact) mass is 387 g/mol. The fourth-order valence-electron chi connectivity index (χ4n) is 5.30. The predicted molar refractivity (Wildman–Crippen MR) is 104 cm³/mol. The van der Waals surface area contributed by atoms with Gasteiger partial charge in [0.25, 0.3) is 0 Å². The SMILES string of the molecule is C=COC(=O)N1CC[C@]2(c3cccc(OC)c3)CC3OC(C)(C)OC3C[C@H]2C1. The Hall–Kier alpha value is -2.05. The quantitative estimate of drug-likeness (QED) is 0.738. The van der Waals surface area contributed by atoms with Crippen molar-refractivity contribution in [2.45, 2.75) is 56.5 Å². The number of carbonyl (C=O) groups is 1. The van der Waals surface area contributed by atoms with Crippen molar-refractivity contribution in [3.8, 4) is 5.75 Å². The fraction of sp³-hybridized carbons (Fsp3) is 0.591. The van der Waals surface area contributed by atoms with E-state index in [4.69, 9.17) is 18.9 Å². The van der Waals surface area contributed by atoms with Gasteiger partial charge in [-0.1, -0.05) is 18.7 Å². The summed E-state index contributed by atoms with van der Waals surface area (Å²) in [5.74, 6) is 0.537. The Morgan fingerprint density at radius 2 is 2.11 bits per heavy atom. The number of fused-ring (bicyclic) bond motifs is 2. The van der Waals surface area contributed by atoms with Gasteiger partial charge in [0.15, 0.2) is 5.79 Å². The summed E-state index contributed by atoms with van der Waals surface area (Å²) in [4.78, 5) is 14.1. The van der Waals surface area contributed by atoms with Gasteiger partial charge < -0.3 is 23.8 Å². The molecule has 0 aromatic heterocycles. The maximum absolute atomic E-state index is 12.3. The number of methoxy groups -OCH3 is 1. The maximum Gasteiger partial charge on any atom is 0.414 e. The fourth-order valence-corrected chi connectivity index (χ4v) is 5.30. The third-order valence-electron chi connectivity index (χ3n) is 6.50. The minimum absolute atomic E-state index is 0.0501. The van der Waals surface area contributed by atoms with Crippen LogP contribution in [0, 0.1) is 5.92 Å². The average Bonchev–Trinajstić information content (AvgIpc) is 2.98. The van der Waals surface area contributed by atoms with Crippen molar-refractivity contribution in [3.63, 3.8) is 0 Å². The highest BCUT2D eigenvalue weighted by Gasteiger charge is 2.56. The van der Waals surface area contributed by atoms with E-state index in [-0.39, 0.29) is 29.6 Å². The minimum Gasteiger partial charge on any atom is -0.497 e. The molecular formula is C22H29NO5. The van der Waals surface area contributed by atoms with Gasteiger partial charge in [-0.3, -0.25) is 0 Å². The van der Waals surface area contributed by atoms with Gasteiger partial charge in [-0.25, -0.2) is 4.79 Å². The lowest BCUT2D eigenvalue weighted by Crippen LogP contribution is -2.57. The number of benzene rings is 1. The highest BCUT2D eigenvalue weighted by Crippen LogP contribution is 2.53. The van der Waals surface area contributed by atoms with Crippen LogP contribution in [0.2, 0.25) is 0 Å². The Kier molecular flexibility index (Phi) is 4.88. The van der Waals surface area contributed by atoms with E-state index in [1.165, 1.54) is 11.8 Å². The molecule has 1 aromatic carbocycles. The van der Waals surface area contributed by atoms with Gasteiger partial charge in [0.1, 0.15) is 5.75 Å². The maximum atomic E-state index is 12.3. The lowest BCUT2D eigenvalue weighted by atomic mass is 9.58. The molecule has 2 aliphatic heterocycles. The number of likely N-dealkylation sites (tertiary alicyclic amines) is 1. The van der Waals surface area contributed by atoms with Crippen LogP contribution in [0.4, 0.5) is 4.79 Å². The molecule has 1 aromatic rings. The first kappa shape index (κ1) is 19.3. The van der Waals surface area contributed by atoms with Crippen LogP contribution < -0.4 is 4.74 Å². The number of hydrogen-bond donors (Lipinski definition) is 0. The van der Waals surface area contributed by atoms with Crippen LogP contribution in [0.3, 0.4) is 0 Å². The smallest absolute Gasteiger partial charge is 0.414 e. The molecule has 2 heterocycles. The summed E-state index contributed by atoms with van der Waals surface area (Å²) in [7, 11) is 1.69. The molecular weight excluding hydrogens is 358 g/mol. The van der Waals surface area contributed by atoms with Crippen molar-refractivity contribution in [1.29, 1.82) is 0 Å². The van der Waals surface area contributed by atoms with Crippen molar-refractivity contribution in [1.82, 2.24) is 4.90 Å². The largest absolute Gasteiger partial charge is 0.497 e. The molecule has 3 aliphatic rings. The third-order valence-corrected chi connectivity index (χ3v) is 6.50. The van der Waals surface area contributed by atoms with E-state index in [9.17, 15) is 4.79 Å². The molecule has 6 heteroatoms. The molecule has 152 valence electrons. The van der Waals surface area contributed by atoms with E-state index in [2.05, 4.69) is 18.7 Å². The highest BCUT2D eigenvalue weighted by molar-refractivity contribution is 5.68. The number of hydrogen-bond acceptors (Lipinski definition) is 5. The molecule has 28 heavy (non-hydrogen) atoms. The highest BCUT2D eigenvalue weighted by atomic mass is 16.7. The summed E-state index contributed by atoms with van der Waals surface area (Å²) in [5, 5.41) is 0. The predicted octanol–water partition coefficient (Wildman–Crippen LogP) is 3.85. The topological polar surface area (TPSA) is 57.2 Å². The first-order valence-electron chi connectivity index (χ1n) is 9.93. The zero-order valence-electron chi connectivity index (χ0n) is 16.8. The van der Waals surface area contributed by atoms with Crippen LogP contribution >= 0.6 is 0 Å². The van der Waals surface area contributed by atoms with E-state index in [0.29, 0.717) is 13.1 Å². The molecule has 2 saturated heterocycles. The Balaban J connectivity index is 1.68. The van der Waals surface area contributed by atoms with E-state index in [0.717, 1.165) is 25.0 Å². The van der Waals surface area contributed by atoms with E-state index in [1.807, 2.05) is 26.0 Å². The molecule has 1 saturated carbocycles. The number of amides is 1. The van der Waals surface area contributed by atoms with Crippen molar-refractivity contribution in [2.75, 3.05) is 20.2 Å². The van der Waals surface area contributed by atoms with E-state index < -0.39 is 5.79 Å². The average molecular weight is 387 g/mol. The Labute approximate surface area is 166 Å². The van der Waals surface area contributed by atoms with Gasteiger partial charge in [-0.15, -0.1) is 0 Å². The lowest BCUT2D eigenvalue weighted by Gasteiger charge is -2.52. The second kappa shape index (κ2) is 7.08. The van der Waals surface area contributed by atoms with Gasteiger partial charge >= 0.3 is 6.09 Å². The van der Waals surface area contributed by atoms with Crippen LogP contribution in [0.25, 0.3) is 0 Å². The molecule has 1 amide bonds. The normalized spacial score (nSPS) is 33.5. The summed E-state index contributed by atoms with van der Waals surface area (Å²) in [6, 6.07) is 8.32. The van der Waals surface area contributed by atoms with Gasteiger partial charge in [0.05, 0.1) is 25.6 Å². The Morgan fingerprint density at radius 1 is 1.32 bits per heavy atom. The number of carbonyl (C=O) groups excluding carboxylic acids is 1. The number of ether oxygens (including phenoxy) is 4. The zero-order valence-corrected chi connectivity index (χ0v) is 16.8. The van der Waals surface area contributed by atoms with Crippen LogP contribution in [-0.2, 0) is 19.6 Å². The van der Waals surface area contributed by atoms with Gasteiger partial charge in [-0.2, -0.15) is 0 Å². The summed E-state index contributed by atoms with van der Waals surface area (Å²) >= 11 is 0. The Morgan fingerprint density at radius 3 is 2.86 bits per heavy atom. The molecule has 0 bridgehead atoms. The summed E-state index contributed by atoms with van der Waals surface area (Å²) < 4.78 is 22.9. The van der Waals surface area contributed by atoms with Crippen molar-refractivity contribution < 1.29 is 23.7 Å². The summed E-state index contributed by atoms with van der Waals surface area (Å²) in [5.41, 5.74) is 1.17. The molecule has 0 N–H and O–H groups in total. The third kappa shape index (κ3) is 3.29. The van der Waals surface area contributed by atoms with Gasteiger partial charge in [0, 0.05) is 18.5 Å². The molecule has 0 spiro atoms. The van der Waals surface area contributed by atoms with Crippen molar-refractivity contribution in [3.05, 3.63) is 42.7 Å². The van der Waals surface area contributed by atoms with Crippen LogP contribution in [0.15, 0.2) is 37.1 Å². The van der Waals surface area contributed by atoms with Crippen molar-refractivity contribution >= 4 is 6.09 Å². The standard InChI is InChI=1S/C22H29NO5/c1-5-26-20(24)23-10-9-22(15-7-6-8-17(11-15)25-4)13-19-18(12-16(22)14-23)27-21(2,3)28-19/h5-8,11,16,18-19H,1,9-10,12-14H2,2-4H3/t16-,18?,19?,22+/m0/s1. The zero-order chi connectivity index (χ0) is 19.9. The Bertz CT molecular complexity index is 763. The number of piperidine rings is 1. The van der Waals surface area contributed by atoms with Crippen LogP contribution in [0.5, 0.6) is 5.75 Å². The molecule has 4 rings (SSSR count). The van der Waals surface area contributed by atoms with E-state index in [1.54, 1.807) is 12.0 Å².